The Morgan fingerprint density at radius 3 is 2.76 bits per heavy atom. The van der Waals surface area contributed by atoms with Crippen molar-refractivity contribution in [3.8, 4) is 0 Å². The molecule has 0 aromatic heterocycles. The summed E-state index contributed by atoms with van der Waals surface area (Å²) in [5, 5.41) is 8.52. The fraction of sp³-hybridized carbons (Fsp3) is 0.471. The molecule has 0 aliphatic carbocycles. The first-order valence-electron chi connectivity index (χ1n) is 8.23. The molecule has 0 radical (unpaired) electrons. The molecular formula is C17H22N2O5S. The number of hydrogen-bond acceptors (Lipinski definition) is 6. The highest BCUT2D eigenvalue weighted by molar-refractivity contribution is 8.01. The van der Waals surface area contributed by atoms with Gasteiger partial charge in [0.25, 0.3) is 5.91 Å². The molecule has 8 heteroatoms. The third-order valence-corrected chi connectivity index (χ3v) is 5.14. The van der Waals surface area contributed by atoms with E-state index in [1.54, 1.807) is 30.6 Å². The molecule has 1 unspecified atom stereocenters. The second-order valence-corrected chi connectivity index (χ2v) is 6.86. The molecule has 1 atom stereocenters. The molecule has 1 heterocycles. The highest BCUT2D eigenvalue weighted by Crippen LogP contribution is 2.41. The van der Waals surface area contributed by atoms with E-state index < -0.39 is 11.9 Å². The predicted octanol–water partition coefficient (Wildman–Crippen LogP) is 2.37. The monoisotopic (exact) mass is 366 g/mol. The van der Waals surface area contributed by atoms with Crippen LogP contribution in [0.4, 0.5) is 5.69 Å². The number of carbonyl (C=O) groups is 3. The van der Waals surface area contributed by atoms with Gasteiger partial charge in [-0.25, -0.2) is 10.3 Å². The summed E-state index contributed by atoms with van der Waals surface area (Å²) in [6.07, 6.45) is 2.58. The van der Waals surface area contributed by atoms with Crippen LogP contribution < -0.4 is 10.4 Å². The largest absolute Gasteiger partial charge is 0.462 e. The minimum absolute atomic E-state index is 0.199. The number of unbranched alkanes of at least 4 members (excludes halogenated alkanes) is 1. The fourth-order valence-corrected chi connectivity index (χ4v) is 3.84. The van der Waals surface area contributed by atoms with Crippen molar-refractivity contribution < 1.29 is 24.3 Å². The third kappa shape index (κ3) is 4.52. The molecule has 0 fully saturated rings. The number of ether oxygens (including phenoxy) is 1. The second kappa shape index (κ2) is 8.87. The Kier molecular flexibility index (Phi) is 6.83. The van der Waals surface area contributed by atoms with Crippen LogP contribution in [0.25, 0.3) is 0 Å². The van der Waals surface area contributed by atoms with Gasteiger partial charge in [-0.05, 0) is 31.5 Å². The molecule has 0 spiro atoms. The molecule has 1 aromatic rings. The number of anilines is 1. The Labute approximate surface area is 150 Å². The molecule has 136 valence electrons. The molecule has 1 aliphatic heterocycles. The van der Waals surface area contributed by atoms with Gasteiger partial charge in [-0.15, -0.1) is 11.8 Å². The van der Waals surface area contributed by atoms with Crippen LogP contribution in [0.15, 0.2) is 23.1 Å². The van der Waals surface area contributed by atoms with Crippen molar-refractivity contribution >= 4 is 35.2 Å². The van der Waals surface area contributed by atoms with Gasteiger partial charge in [0.2, 0.25) is 5.91 Å². The average molecular weight is 366 g/mol. The maximum Gasteiger partial charge on any atom is 0.338 e. The lowest BCUT2D eigenvalue weighted by molar-refractivity contribution is -0.129. The highest BCUT2D eigenvalue weighted by Gasteiger charge is 2.34. The van der Waals surface area contributed by atoms with Crippen LogP contribution in [-0.4, -0.2) is 41.4 Å². The molecule has 25 heavy (non-hydrogen) atoms. The van der Waals surface area contributed by atoms with E-state index in [1.165, 1.54) is 16.7 Å². The molecule has 7 nitrogen and oxygen atoms in total. The first kappa shape index (κ1) is 19.3. The number of nitrogens with zero attached hydrogens (tertiary/aromatic N) is 1. The number of amides is 2. The summed E-state index contributed by atoms with van der Waals surface area (Å²) < 4.78 is 4.99. The Hall–Kier alpha value is -2.06. The second-order valence-electron chi connectivity index (χ2n) is 5.61. The van der Waals surface area contributed by atoms with Crippen molar-refractivity contribution in [2.75, 3.05) is 18.1 Å². The van der Waals surface area contributed by atoms with Gasteiger partial charge < -0.3 is 9.64 Å². The molecule has 0 bridgehead atoms. The van der Waals surface area contributed by atoms with Crippen molar-refractivity contribution in [3.63, 3.8) is 0 Å². The highest BCUT2D eigenvalue weighted by atomic mass is 32.2. The van der Waals surface area contributed by atoms with E-state index in [4.69, 9.17) is 9.94 Å². The zero-order valence-corrected chi connectivity index (χ0v) is 15.1. The Balaban J connectivity index is 2.37. The SMILES string of the molecule is CCCCC1Sc2ccc(C(=O)OCC)cc2N(CC(=O)NO)C1=O. The predicted molar refractivity (Wildman–Crippen MR) is 93.9 cm³/mol. The maximum atomic E-state index is 12.8. The van der Waals surface area contributed by atoms with Crippen LogP contribution in [0.1, 0.15) is 43.5 Å². The molecule has 2 rings (SSSR count). The first-order chi connectivity index (χ1) is 12.0. The van der Waals surface area contributed by atoms with E-state index in [1.807, 2.05) is 0 Å². The van der Waals surface area contributed by atoms with Gasteiger partial charge in [0, 0.05) is 4.90 Å². The number of hydroxylamine groups is 1. The maximum absolute atomic E-state index is 12.8. The van der Waals surface area contributed by atoms with Gasteiger partial charge >= 0.3 is 5.97 Å². The van der Waals surface area contributed by atoms with E-state index in [0.29, 0.717) is 17.7 Å². The van der Waals surface area contributed by atoms with Gasteiger partial charge in [0.05, 0.1) is 23.1 Å². The van der Waals surface area contributed by atoms with Crippen molar-refractivity contribution in [2.45, 2.75) is 43.3 Å². The quantitative estimate of drug-likeness (QED) is 0.437. The molecule has 1 aromatic carbocycles. The fourth-order valence-electron chi connectivity index (χ4n) is 2.58. The zero-order chi connectivity index (χ0) is 18.4. The minimum Gasteiger partial charge on any atom is -0.462 e. The summed E-state index contributed by atoms with van der Waals surface area (Å²) in [6.45, 7) is 3.71. The van der Waals surface area contributed by atoms with Gasteiger partial charge in [0.15, 0.2) is 0 Å². The number of fused-ring (bicyclic) bond motifs is 1. The lowest BCUT2D eigenvalue weighted by atomic mass is 10.1. The van der Waals surface area contributed by atoms with E-state index in [0.717, 1.165) is 17.7 Å². The molecule has 2 N–H and O–H groups in total. The summed E-state index contributed by atoms with van der Waals surface area (Å²) in [7, 11) is 0. The third-order valence-electron chi connectivity index (χ3n) is 3.82. The number of rotatable bonds is 7. The summed E-state index contributed by atoms with van der Waals surface area (Å²) in [5.41, 5.74) is 2.35. The number of hydrogen-bond donors (Lipinski definition) is 2. The van der Waals surface area contributed by atoms with Crippen LogP contribution in [0.5, 0.6) is 0 Å². The Morgan fingerprint density at radius 1 is 1.36 bits per heavy atom. The summed E-state index contributed by atoms with van der Waals surface area (Å²) in [4.78, 5) is 38.5. The van der Waals surface area contributed by atoms with Crippen LogP contribution in [-0.2, 0) is 14.3 Å². The van der Waals surface area contributed by atoms with E-state index >= 15 is 0 Å². The summed E-state index contributed by atoms with van der Waals surface area (Å²) in [5.74, 6) is -1.38. The van der Waals surface area contributed by atoms with Crippen LogP contribution >= 0.6 is 11.8 Å². The minimum atomic E-state index is -0.693. The van der Waals surface area contributed by atoms with E-state index in [-0.39, 0.29) is 24.3 Å². The average Bonchev–Trinajstić information content (AvgIpc) is 2.62. The van der Waals surface area contributed by atoms with Crippen molar-refractivity contribution in [1.82, 2.24) is 5.48 Å². The topological polar surface area (TPSA) is 95.9 Å². The van der Waals surface area contributed by atoms with E-state index in [9.17, 15) is 14.4 Å². The van der Waals surface area contributed by atoms with Crippen LogP contribution in [0.3, 0.4) is 0 Å². The van der Waals surface area contributed by atoms with Gasteiger partial charge in [-0.1, -0.05) is 19.8 Å². The van der Waals surface area contributed by atoms with Crippen LogP contribution in [0.2, 0.25) is 0 Å². The molecular weight excluding hydrogens is 344 g/mol. The number of benzene rings is 1. The normalized spacial score (nSPS) is 16.4. The number of thioether (sulfide) groups is 1. The molecule has 2 amide bonds. The summed E-state index contributed by atoms with van der Waals surface area (Å²) in [6, 6.07) is 4.97. The molecule has 0 saturated heterocycles. The van der Waals surface area contributed by atoms with Crippen molar-refractivity contribution in [3.05, 3.63) is 23.8 Å². The molecule has 0 saturated carbocycles. The lowest BCUT2D eigenvalue weighted by Gasteiger charge is -2.33. The van der Waals surface area contributed by atoms with Gasteiger partial charge in [0.1, 0.15) is 6.54 Å². The summed E-state index contributed by atoms with van der Waals surface area (Å²) >= 11 is 1.44. The number of esters is 1. The first-order valence-corrected chi connectivity index (χ1v) is 9.11. The lowest BCUT2D eigenvalue weighted by Crippen LogP contribution is -2.46. The van der Waals surface area contributed by atoms with Crippen molar-refractivity contribution in [2.24, 2.45) is 0 Å². The van der Waals surface area contributed by atoms with Gasteiger partial charge in [-0.3, -0.25) is 14.8 Å². The van der Waals surface area contributed by atoms with Gasteiger partial charge in [-0.2, -0.15) is 0 Å². The van der Waals surface area contributed by atoms with Crippen LogP contribution in [0, 0.1) is 0 Å². The smallest absolute Gasteiger partial charge is 0.338 e. The Morgan fingerprint density at radius 2 is 2.12 bits per heavy atom. The number of nitrogens with one attached hydrogen (secondary N) is 1. The standard InChI is InChI=1S/C17H22N2O5S/c1-3-5-6-14-16(21)19(10-15(20)18-23)12-9-11(17(22)24-4-2)7-8-13(12)25-14/h7-9,14,23H,3-6,10H2,1-2H3,(H,18,20). The zero-order valence-electron chi connectivity index (χ0n) is 14.3. The molecule has 1 aliphatic rings. The number of carbonyl (C=O) groups excluding carboxylic acids is 3. The Bertz CT molecular complexity index is 664. The van der Waals surface area contributed by atoms with Crippen molar-refractivity contribution in [1.29, 1.82) is 0 Å². The van der Waals surface area contributed by atoms with E-state index in [2.05, 4.69) is 6.92 Å².